The van der Waals surface area contributed by atoms with E-state index in [9.17, 15) is 19.1 Å². The van der Waals surface area contributed by atoms with Gasteiger partial charge in [0.05, 0.1) is 11.6 Å². The maximum Gasteiger partial charge on any atom is 0.293 e. The topological polar surface area (TPSA) is 66.4 Å². The van der Waals surface area contributed by atoms with Gasteiger partial charge in [-0.2, -0.15) is 0 Å². The number of hydrogen-bond donors (Lipinski definition) is 2. The van der Waals surface area contributed by atoms with Crippen molar-refractivity contribution in [3.05, 3.63) is 76.6 Å². The molecular weight excluding hydrogens is 297 g/mol. The van der Waals surface area contributed by atoms with Gasteiger partial charge in [0.1, 0.15) is 11.6 Å². The summed E-state index contributed by atoms with van der Waals surface area (Å²) in [4.78, 5) is 23.9. The van der Waals surface area contributed by atoms with E-state index in [0.29, 0.717) is 5.56 Å². The van der Waals surface area contributed by atoms with E-state index in [0.717, 1.165) is 5.56 Å². The van der Waals surface area contributed by atoms with Crippen LogP contribution < -0.4 is 5.32 Å². The van der Waals surface area contributed by atoms with Crippen LogP contribution in [-0.4, -0.2) is 16.8 Å². The SMILES string of the molecule is Cc1ccc(/C(O)=C2\C(=O)C(=O)N[C@@H]2c2ccccc2F)cc1. The third-order valence-corrected chi connectivity index (χ3v) is 3.81. The summed E-state index contributed by atoms with van der Waals surface area (Å²) in [6.07, 6.45) is 0. The van der Waals surface area contributed by atoms with Crippen molar-refractivity contribution in [3.8, 4) is 0 Å². The molecule has 0 saturated carbocycles. The van der Waals surface area contributed by atoms with Crippen molar-refractivity contribution in [2.24, 2.45) is 0 Å². The minimum atomic E-state index is -1.00. The summed E-state index contributed by atoms with van der Waals surface area (Å²) in [6, 6.07) is 11.7. The summed E-state index contributed by atoms with van der Waals surface area (Å²) < 4.78 is 14.0. The molecular formula is C18H14FNO3. The number of ketones is 1. The van der Waals surface area contributed by atoms with Crippen LogP contribution in [0.2, 0.25) is 0 Å². The van der Waals surface area contributed by atoms with E-state index in [2.05, 4.69) is 5.32 Å². The molecule has 1 heterocycles. The van der Waals surface area contributed by atoms with E-state index in [-0.39, 0.29) is 16.9 Å². The molecule has 0 bridgehead atoms. The molecule has 0 aliphatic carbocycles. The van der Waals surface area contributed by atoms with Crippen molar-refractivity contribution in [1.29, 1.82) is 0 Å². The standard InChI is InChI=1S/C18H14FNO3/c1-10-6-8-11(9-7-10)16(21)14-15(20-18(23)17(14)22)12-4-2-3-5-13(12)19/h2-9,15,21H,1H3,(H,20,23)/b16-14+/t15-/m1/s1. The Morgan fingerprint density at radius 2 is 1.74 bits per heavy atom. The number of halogens is 1. The third-order valence-electron chi connectivity index (χ3n) is 3.81. The van der Waals surface area contributed by atoms with Crippen LogP contribution in [0.4, 0.5) is 4.39 Å². The Kier molecular flexibility index (Phi) is 3.70. The van der Waals surface area contributed by atoms with E-state index in [4.69, 9.17) is 0 Å². The number of aryl methyl sites for hydroxylation is 1. The Morgan fingerprint density at radius 1 is 1.09 bits per heavy atom. The first kappa shape index (κ1) is 15.0. The molecule has 1 aliphatic heterocycles. The van der Waals surface area contributed by atoms with Crippen LogP contribution in [0.15, 0.2) is 54.1 Å². The highest BCUT2D eigenvalue weighted by Crippen LogP contribution is 2.33. The number of aliphatic hydroxyl groups excluding tert-OH is 1. The van der Waals surface area contributed by atoms with Crippen molar-refractivity contribution in [1.82, 2.24) is 5.32 Å². The average molecular weight is 311 g/mol. The molecule has 23 heavy (non-hydrogen) atoms. The highest BCUT2D eigenvalue weighted by Gasteiger charge is 2.40. The van der Waals surface area contributed by atoms with E-state index < -0.39 is 23.5 Å². The number of carbonyl (C=O) groups is 2. The molecule has 3 rings (SSSR count). The van der Waals surface area contributed by atoms with Crippen molar-refractivity contribution < 1.29 is 19.1 Å². The number of nitrogens with one attached hydrogen (secondary N) is 1. The highest BCUT2D eigenvalue weighted by molar-refractivity contribution is 6.46. The first-order valence-corrected chi connectivity index (χ1v) is 7.09. The molecule has 0 aromatic heterocycles. The van der Waals surface area contributed by atoms with Gasteiger partial charge in [0, 0.05) is 11.1 Å². The summed E-state index contributed by atoms with van der Waals surface area (Å²) in [7, 11) is 0. The quantitative estimate of drug-likeness (QED) is 0.509. The van der Waals surface area contributed by atoms with Crippen LogP contribution in [0, 0.1) is 12.7 Å². The van der Waals surface area contributed by atoms with Crippen LogP contribution in [0.3, 0.4) is 0 Å². The normalized spacial score (nSPS) is 19.7. The summed E-state index contributed by atoms with van der Waals surface area (Å²) >= 11 is 0. The fourth-order valence-electron chi connectivity index (χ4n) is 2.58. The molecule has 2 aromatic carbocycles. The predicted molar refractivity (Wildman–Crippen MR) is 83.0 cm³/mol. The summed E-state index contributed by atoms with van der Waals surface area (Å²) in [5.41, 5.74) is 1.39. The van der Waals surface area contributed by atoms with Crippen LogP contribution in [-0.2, 0) is 9.59 Å². The van der Waals surface area contributed by atoms with Gasteiger partial charge in [0.25, 0.3) is 11.7 Å². The maximum absolute atomic E-state index is 14.0. The molecule has 0 radical (unpaired) electrons. The number of Topliss-reactive ketones (excluding diaryl/α,β-unsaturated/α-hetero) is 1. The molecule has 1 amide bonds. The molecule has 1 atom stereocenters. The summed E-state index contributed by atoms with van der Waals surface area (Å²) in [5, 5.41) is 12.9. The lowest BCUT2D eigenvalue weighted by molar-refractivity contribution is -0.133. The second-order valence-corrected chi connectivity index (χ2v) is 5.39. The number of hydrogen-bond acceptors (Lipinski definition) is 3. The summed E-state index contributed by atoms with van der Waals surface area (Å²) in [5.74, 6) is -2.58. The second-order valence-electron chi connectivity index (χ2n) is 5.39. The van der Waals surface area contributed by atoms with Crippen LogP contribution in [0.1, 0.15) is 22.7 Å². The van der Waals surface area contributed by atoms with Gasteiger partial charge >= 0.3 is 0 Å². The number of aliphatic hydroxyl groups is 1. The molecule has 5 heteroatoms. The fraction of sp³-hybridized carbons (Fsp3) is 0.111. The maximum atomic E-state index is 14.0. The zero-order chi connectivity index (χ0) is 16.6. The molecule has 1 fully saturated rings. The Labute approximate surface area is 132 Å². The minimum absolute atomic E-state index is 0.135. The number of carbonyl (C=O) groups excluding carboxylic acids is 2. The van der Waals surface area contributed by atoms with Gasteiger partial charge in [-0.1, -0.05) is 48.0 Å². The lowest BCUT2D eigenvalue weighted by Gasteiger charge is -2.14. The van der Waals surface area contributed by atoms with Gasteiger partial charge < -0.3 is 10.4 Å². The first-order chi connectivity index (χ1) is 11.0. The van der Waals surface area contributed by atoms with Crippen molar-refractivity contribution in [2.45, 2.75) is 13.0 Å². The van der Waals surface area contributed by atoms with Crippen LogP contribution in [0.25, 0.3) is 5.76 Å². The lowest BCUT2D eigenvalue weighted by atomic mass is 9.95. The van der Waals surface area contributed by atoms with Crippen LogP contribution >= 0.6 is 0 Å². The van der Waals surface area contributed by atoms with Crippen molar-refractivity contribution in [3.63, 3.8) is 0 Å². The van der Waals surface area contributed by atoms with Crippen molar-refractivity contribution >= 4 is 17.4 Å². The fourth-order valence-corrected chi connectivity index (χ4v) is 2.58. The Bertz CT molecular complexity index is 824. The van der Waals surface area contributed by atoms with Crippen LogP contribution in [0.5, 0.6) is 0 Å². The Morgan fingerprint density at radius 3 is 2.39 bits per heavy atom. The van der Waals surface area contributed by atoms with Gasteiger partial charge in [-0.3, -0.25) is 9.59 Å². The van der Waals surface area contributed by atoms with Gasteiger partial charge in [0.15, 0.2) is 0 Å². The monoisotopic (exact) mass is 311 g/mol. The zero-order valence-corrected chi connectivity index (χ0v) is 12.3. The Hall–Kier alpha value is -2.95. The zero-order valence-electron chi connectivity index (χ0n) is 12.3. The van der Waals surface area contributed by atoms with E-state index in [1.165, 1.54) is 18.2 Å². The molecule has 116 valence electrons. The van der Waals surface area contributed by atoms with Gasteiger partial charge in [-0.25, -0.2) is 4.39 Å². The van der Waals surface area contributed by atoms with E-state index in [1.807, 2.05) is 6.92 Å². The highest BCUT2D eigenvalue weighted by atomic mass is 19.1. The largest absolute Gasteiger partial charge is 0.507 e. The minimum Gasteiger partial charge on any atom is -0.507 e. The van der Waals surface area contributed by atoms with Gasteiger partial charge in [-0.05, 0) is 13.0 Å². The molecule has 1 saturated heterocycles. The van der Waals surface area contributed by atoms with Crippen molar-refractivity contribution in [2.75, 3.05) is 0 Å². The smallest absolute Gasteiger partial charge is 0.293 e. The lowest BCUT2D eigenvalue weighted by Crippen LogP contribution is -2.21. The Balaban J connectivity index is 2.15. The first-order valence-electron chi connectivity index (χ1n) is 7.09. The molecule has 0 unspecified atom stereocenters. The number of amides is 1. The number of rotatable bonds is 2. The van der Waals surface area contributed by atoms with E-state index in [1.54, 1.807) is 30.3 Å². The molecule has 2 N–H and O–H groups in total. The van der Waals surface area contributed by atoms with Gasteiger partial charge in [0.2, 0.25) is 0 Å². The third kappa shape index (κ3) is 2.61. The molecule has 0 spiro atoms. The van der Waals surface area contributed by atoms with E-state index >= 15 is 0 Å². The number of benzene rings is 2. The molecule has 2 aromatic rings. The molecule has 1 aliphatic rings. The van der Waals surface area contributed by atoms with Gasteiger partial charge in [-0.15, -0.1) is 0 Å². The predicted octanol–water partition coefficient (Wildman–Crippen LogP) is 2.84. The molecule has 4 nitrogen and oxygen atoms in total. The average Bonchev–Trinajstić information content (AvgIpc) is 2.83. The second kappa shape index (κ2) is 5.68. The summed E-state index contributed by atoms with van der Waals surface area (Å²) in [6.45, 7) is 1.89.